The Morgan fingerprint density at radius 2 is 2.20 bits per heavy atom. The van der Waals surface area contributed by atoms with E-state index in [0.717, 1.165) is 31.6 Å². The number of fused-ring (bicyclic) bond motifs is 3. The lowest BCUT2D eigenvalue weighted by atomic mass is 9.84. The molecule has 3 fully saturated rings. The van der Waals surface area contributed by atoms with Gasteiger partial charge in [-0.25, -0.2) is 0 Å². The molecule has 0 amide bonds. The first-order chi connectivity index (χ1) is 7.34. The van der Waals surface area contributed by atoms with Crippen LogP contribution in [0.3, 0.4) is 0 Å². The third-order valence-corrected chi connectivity index (χ3v) is 4.10. The lowest BCUT2D eigenvalue weighted by molar-refractivity contribution is -0.125. The van der Waals surface area contributed by atoms with E-state index in [4.69, 9.17) is 0 Å². The molecule has 4 rings (SSSR count). The second kappa shape index (κ2) is 3.49. The zero-order valence-corrected chi connectivity index (χ0v) is 9.30. The van der Waals surface area contributed by atoms with Gasteiger partial charge in [0.05, 0.1) is 5.70 Å². The molecule has 3 aliphatic heterocycles. The van der Waals surface area contributed by atoms with Crippen LogP contribution in [0, 0.1) is 5.92 Å². The van der Waals surface area contributed by atoms with Gasteiger partial charge >= 0.3 is 0 Å². The van der Waals surface area contributed by atoms with Crippen molar-refractivity contribution in [2.45, 2.75) is 12.8 Å². The molecule has 0 N–H and O–H groups in total. The summed E-state index contributed by atoms with van der Waals surface area (Å²) in [6.45, 7) is 2.13. The molecule has 0 unspecified atom stereocenters. The van der Waals surface area contributed by atoms with E-state index in [2.05, 4.69) is 17.0 Å². The van der Waals surface area contributed by atoms with Crippen molar-refractivity contribution in [3.8, 4) is 0 Å². The number of hydrogen-bond donors (Lipinski definition) is 0. The van der Waals surface area contributed by atoms with Crippen LogP contribution < -0.4 is 0 Å². The van der Waals surface area contributed by atoms with Gasteiger partial charge in [-0.3, -0.25) is 4.79 Å². The summed E-state index contributed by atoms with van der Waals surface area (Å²) in [5.74, 6) is 0.669. The Kier molecular flexibility index (Phi) is 2.13. The number of ketones is 1. The summed E-state index contributed by atoms with van der Waals surface area (Å²) in [6, 6.07) is 4.09. The smallest absolute Gasteiger partial charge is 0.182 e. The van der Waals surface area contributed by atoms with E-state index in [0.29, 0.717) is 11.7 Å². The second-order valence-corrected chi connectivity index (χ2v) is 5.15. The molecule has 0 aromatic carbocycles. The molecule has 0 saturated carbocycles. The van der Waals surface area contributed by atoms with Crippen molar-refractivity contribution in [1.82, 2.24) is 4.90 Å². The van der Waals surface area contributed by atoms with E-state index in [9.17, 15) is 4.79 Å². The lowest BCUT2D eigenvalue weighted by Crippen LogP contribution is -2.45. The van der Waals surface area contributed by atoms with Gasteiger partial charge in [0.15, 0.2) is 5.78 Å². The first-order valence-electron chi connectivity index (χ1n) is 5.39. The number of Topliss-reactive ketones (excluding diaryl/α,β-unsaturated/α-hetero) is 1. The molecular formula is C12H13NOS. The number of hydrogen-bond acceptors (Lipinski definition) is 3. The lowest BCUT2D eigenvalue weighted by Gasteiger charge is -2.41. The molecule has 0 radical (unpaired) electrons. The predicted octanol–water partition coefficient (Wildman–Crippen LogP) is 2.38. The van der Waals surface area contributed by atoms with Gasteiger partial charge in [-0.2, -0.15) is 0 Å². The van der Waals surface area contributed by atoms with E-state index in [1.54, 1.807) is 11.3 Å². The number of allylic oxidation sites excluding steroid dienone is 1. The molecule has 2 bridgehead atoms. The maximum absolute atomic E-state index is 12.0. The summed E-state index contributed by atoms with van der Waals surface area (Å²) in [6.07, 6.45) is 4.17. The second-order valence-electron chi connectivity index (χ2n) is 4.17. The van der Waals surface area contributed by atoms with Gasteiger partial charge in [0.2, 0.25) is 0 Å². The standard InChI is InChI=1S/C12H13NOS/c14-12-9-3-5-13(6-4-9)11(12)8-10-2-1-7-15-10/h1-2,7-9H,3-6H2/b11-8-. The normalized spacial score (nSPS) is 24.1. The van der Waals surface area contributed by atoms with Crippen LogP contribution in [0.15, 0.2) is 23.2 Å². The van der Waals surface area contributed by atoms with Crippen molar-refractivity contribution in [1.29, 1.82) is 0 Å². The van der Waals surface area contributed by atoms with E-state index in [1.807, 2.05) is 11.4 Å². The maximum atomic E-state index is 12.0. The highest BCUT2D eigenvalue weighted by atomic mass is 32.1. The average molecular weight is 219 g/mol. The number of carbonyl (C=O) groups excluding carboxylic acids is 1. The van der Waals surface area contributed by atoms with Gasteiger partial charge in [0.1, 0.15) is 0 Å². The molecule has 1 aromatic heterocycles. The van der Waals surface area contributed by atoms with Crippen molar-refractivity contribution in [2.24, 2.45) is 5.92 Å². The van der Waals surface area contributed by atoms with Crippen LogP contribution in [0.4, 0.5) is 0 Å². The van der Waals surface area contributed by atoms with Gasteiger partial charge in [-0.15, -0.1) is 11.3 Å². The zero-order chi connectivity index (χ0) is 10.3. The van der Waals surface area contributed by atoms with Crippen molar-refractivity contribution in [2.75, 3.05) is 13.1 Å². The Labute approximate surface area is 93.2 Å². The molecule has 4 heterocycles. The molecule has 2 nitrogen and oxygen atoms in total. The summed E-state index contributed by atoms with van der Waals surface area (Å²) in [5, 5.41) is 2.05. The van der Waals surface area contributed by atoms with Gasteiger partial charge in [0.25, 0.3) is 0 Å². The van der Waals surface area contributed by atoms with Crippen LogP contribution in [0.2, 0.25) is 0 Å². The molecule has 3 heteroatoms. The Bertz CT molecular complexity index is 399. The molecule has 0 aliphatic carbocycles. The fourth-order valence-electron chi connectivity index (χ4n) is 2.42. The fourth-order valence-corrected chi connectivity index (χ4v) is 3.07. The van der Waals surface area contributed by atoms with Gasteiger partial charge < -0.3 is 4.90 Å². The van der Waals surface area contributed by atoms with Crippen LogP contribution in [0.5, 0.6) is 0 Å². The minimum atomic E-state index is 0.307. The predicted molar refractivity (Wildman–Crippen MR) is 61.6 cm³/mol. The van der Waals surface area contributed by atoms with E-state index < -0.39 is 0 Å². The highest BCUT2D eigenvalue weighted by molar-refractivity contribution is 7.10. The van der Waals surface area contributed by atoms with E-state index >= 15 is 0 Å². The largest absolute Gasteiger partial charge is 0.369 e. The maximum Gasteiger partial charge on any atom is 0.182 e. The first-order valence-corrected chi connectivity index (χ1v) is 6.27. The molecule has 1 aromatic rings. The quantitative estimate of drug-likeness (QED) is 0.676. The molecule has 0 spiro atoms. The summed E-state index contributed by atoms with van der Waals surface area (Å²) in [5.41, 5.74) is 0.944. The van der Waals surface area contributed by atoms with E-state index in [1.165, 1.54) is 4.88 Å². The van der Waals surface area contributed by atoms with Crippen molar-refractivity contribution < 1.29 is 4.79 Å². The molecule has 3 aliphatic rings. The van der Waals surface area contributed by atoms with Crippen molar-refractivity contribution in [3.05, 3.63) is 28.1 Å². The Balaban J connectivity index is 1.95. The monoisotopic (exact) mass is 219 g/mol. The van der Waals surface area contributed by atoms with Gasteiger partial charge in [-0.1, -0.05) is 6.07 Å². The SMILES string of the molecule is O=C1/C(=C/c2cccs2)N2CCC1CC2. The summed E-state index contributed by atoms with van der Waals surface area (Å²) >= 11 is 1.69. The third kappa shape index (κ3) is 1.51. The number of thiophene rings is 1. The minimum absolute atomic E-state index is 0.307. The molecule has 0 atom stereocenters. The van der Waals surface area contributed by atoms with E-state index in [-0.39, 0.29) is 0 Å². The number of carbonyl (C=O) groups is 1. The topological polar surface area (TPSA) is 20.3 Å². The highest BCUT2D eigenvalue weighted by Gasteiger charge is 2.36. The highest BCUT2D eigenvalue weighted by Crippen LogP contribution is 2.32. The molecule has 78 valence electrons. The van der Waals surface area contributed by atoms with Crippen LogP contribution in [-0.4, -0.2) is 23.8 Å². The van der Waals surface area contributed by atoms with Crippen LogP contribution >= 0.6 is 11.3 Å². The van der Waals surface area contributed by atoms with Crippen LogP contribution in [0.1, 0.15) is 17.7 Å². The zero-order valence-electron chi connectivity index (χ0n) is 8.48. The Morgan fingerprint density at radius 1 is 1.40 bits per heavy atom. The number of piperidine rings is 3. The Morgan fingerprint density at radius 3 is 2.80 bits per heavy atom. The fraction of sp³-hybridized carbons (Fsp3) is 0.417. The summed E-state index contributed by atoms with van der Waals surface area (Å²) < 4.78 is 0. The first kappa shape index (κ1) is 9.16. The van der Waals surface area contributed by atoms with Crippen LogP contribution in [0.25, 0.3) is 6.08 Å². The number of nitrogens with zero attached hydrogens (tertiary/aromatic N) is 1. The third-order valence-electron chi connectivity index (χ3n) is 3.28. The van der Waals surface area contributed by atoms with Gasteiger partial charge in [-0.05, 0) is 30.4 Å². The summed E-state index contributed by atoms with van der Waals surface area (Å²) in [4.78, 5) is 15.4. The van der Waals surface area contributed by atoms with Crippen molar-refractivity contribution >= 4 is 23.2 Å². The number of rotatable bonds is 1. The van der Waals surface area contributed by atoms with Crippen molar-refractivity contribution in [3.63, 3.8) is 0 Å². The summed E-state index contributed by atoms with van der Waals surface area (Å²) in [7, 11) is 0. The molecular weight excluding hydrogens is 206 g/mol. The Hall–Kier alpha value is -1.09. The van der Waals surface area contributed by atoms with Crippen LogP contribution in [-0.2, 0) is 4.79 Å². The molecule has 15 heavy (non-hydrogen) atoms. The molecule has 3 saturated heterocycles. The van der Waals surface area contributed by atoms with Gasteiger partial charge in [0, 0.05) is 23.9 Å². The average Bonchev–Trinajstić information content (AvgIpc) is 2.77. The minimum Gasteiger partial charge on any atom is -0.369 e.